The molecule has 2 bridgehead atoms. The Morgan fingerprint density at radius 3 is 2.48 bits per heavy atom. The fourth-order valence-corrected chi connectivity index (χ4v) is 6.46. The number of aromatic nitrogens is 3. The number of hydrogen-bond acceptors (Lipinski definition) is 9. The van der Waals surface area contributed by atoms with Crippen molar-refractivity contribution in [1.82, 2.24) is 15.4 Å². The van der Waals surface area contributed by atoms with Crippen molar-refractivity contribution in [3.05, 3.63) is 64.9 Å². The van der Waals surface area contributed by atoms with Gasteiger partial charge in [0.05, 0.1) is 18.3 Å². The third-order valence-corrected chi connectivity index (χ3v) is 8.63. The Morgan fingerprint density at radius 1 is 1.05 bits per heavy atom. The summed E-state index contributed by atoms with van der Waals surface area (Å²) in [7, 11) is 0. The smallest absolute Gasteiger partial charge is 0.478 e. The second-order valence-electron chi connectivity index (χ2n) is 11.6. The normalized spacial score (nSPS) is 21.5. The molecular weight excluding hydrogens is 581 g/mol. The topological polar surface area (TPSA) is 124 Å². The Balaban J connectivity index is 1.07. The van der Waals surface area contributed by atoms with Crippen LogP contribution in [0.5, 0.6) is 5.75 Å². The number of ether oxygens (including phenoxy) is 2. The maximum absolute atomic E-state index is 13.1. The lowest BCUT2D eigenvalue weighted by atomic mass is 9.99. The first-order valence-electron chi connectivity index (χ1n) is 14.6. The van der Waals surface area contributed by atoms with Gasteiger partial charge in [-0.15, -0.1) is 18.3 Å². The molecule has 3 atom stereocenters. The number of rotatable bonds is 9. The number of hydrogen-bond donors (Lipinski definition) is 1. The van der Waals surface area contributed by atoms with E-state index in [0.717, 1.165) is 31.2 Å². The number of fused-ring (bicyclic) bond motifs is 2. The number of aryl methyl sites for hydroxylation is 1. The number of alkyl halides is 3. The molecule has 2 aliphatic heterocycles. The SMILES string of the molecule is Cc1cc(C(=O)O)ccc1-c1nnc(N2[C@@H]3CC[C@H]2C[C@@H](OCc2c(-c4ccccc4OC(F)(F)F)noc2C2CC2)C3)o1. The molecule has 0 radical (unpaired) electrons. The van der Waals surface area contributed by atoms with E-state index in [-0.39, 0.29) is 47.6 Å². The molecule has 4 heterocycles. The lowest BCUT2D eigenvalue weighted by Crippen LogP contribution is -2.45. The van der Waals surface area contributed by atoms with Gasteiger partial charge in [0.1, 0.15) is 17.2 Å². The fourth-order valence-electron chi connectivity index (χ4n) is 6.46. The number of carbonyl (C=O) groups is 1. The van der Waals surface area contributed by atoms with Crippen molar-refractivity contribution in [2.24, 2.45) is 0 Å². The molecule has 0 spiro atoms. The lowest BCUT2D eigenvalue weighted by molar-refractivity contribution is -0.274. The van der Waals surface area contributed by atoms with Gasteiger partial charge in [-0.25, -0.2) is 4.79 Å². The molecule has 0 amide bonds. The number of piperidine rings is 1. The molecule has 2 saturated heterocycles. The van der Waals surface area contributed by atoms with E-state index in [1.807, 2.05) is 0 Å². The van der Waals surface area contributed by atoms with Gasteiger partial charge in [0.2, 0.25) is 5.89 Å². The molecule has 10 nitrogen and oxygen atoms in total. The number of halogens is 3. The van der Waals surface area contributed by atoms with Crippen molar-refractivity contribution in [3.8, 4) is 28.5 Å². The summed E-state index contributed by atoms with van der Waals surface area (Å²) in [6.45, 7) is 1.96. The standard InChI is InChI=1S/C31H29F3N4O6/c1-16-12-18(29(39)40)8-11-22(16)28-35-36-30(42-28)38-19-9-10-20(38)14-21(13-19)41-15-24-26(37-44-27(24)17-6-7-17)23-4-2-3-5-25(23)43-31(32,33)34/h2-5,8,11-12,17,19-21H,6-7,9-10,13-15H2,1H3,(H,39,40)/t19-,20+,21+. The summed E-state index contributed by atoms with van der Waals surface area (Å²) < 4.78 is 61.8. The predicted octanol–water partition coefficient (Wildman–Crippen LogP) is 6.89. The first-order chi connectivity index (χ1) is 21.1. The van der Waals surface area contributed by atoms with E-state index in [1.54, 1.807) is 31.2 Å². The average Bonchev–Trinajstić information content (AvgIpc) is 3.45. The molecule has 7 rings (SSSR count). The first kappa shape index (κ1) is 28.4. The van der Waals surface area contributed by atoms with Gasteiger partial charge in [-0.1, -0.05) is 22.4 Å². The van der Waals surface area contributed by atoms with Crippen LogP contribution in [0.4, 0.5) is 19.2 Å². The molecule has 2 aromatic heterocycles. The monoisotopic (exact) mass is 610 g/mol. The van der Waals surface area contributed by atoms with Crippen LogP contribution in [-0.2, 0) is 11.3 Å². The highest BCUT2D eigenvalue weighted by Crippen LogP contribution is 2.46. The maximum atomic E-state index is 13.1. The summed E-state index contributed by atoms with van der Waals surface area (Å²) >= 11 is 0. The Bertz CT molecular complexity index is 1680. The van der Waals surface area contributed by atoms with Crippen LogP contribution in [0.2, 0.25) is 0 Å². The number of benzene rings is 2. The van der Waals surface area contributed by atoms with Crippen LogP contribution in [0.15, 0.2) is 51.4 Å². The van der Waals surface area contributed by atoms with Gasteiger partial charge in [0.25, 0.3) is 0 Å². The van der Waals surface area contributed by atoms with Gasteiger partial charge in [-0.05, 0) is 81.3 Å². The summed E-state index contributed by atoms with van der Waals surface area (Å²) in [6, 6.07) is 11.3. The number of carboxylic acid groups (broad SMARTS) is 1. The van der Waals surface area contributed by atoms with Gasteiger partial charge in [0, 0.05) is 34.7 Å². The Hall–Kier alpha value is -4.39. The van der Waals surface area contributed by atoms with Gasteiger partial charge in [-0.3, -0.25) is 0 Å². The summed E-state index contributed by atoms with van der Waals surface area (Å²) in [4.78, 5) is 13.5. The van der Waals surface area contributed by atoms with Crippen LogP contribution in [-0.4, -0.2) is 51.0 Å². The Kier molecular flexibility index (Phi) is 7.07. The van der Waals surface area contributed by atoms with Crippen LogP contribution in [0.25, 0.3) is 22.7 Å². The minimum atomic E-state index is -4.84. The molecule has 13 heteroatoms. The Labute approximate surface area is 249 Å². The van der Waals surface area contributed by atoms with E-state index < -0.39 is 12.3 Å². The van der Waals surface area contributed by atoms with Gasteiger partial charge in [0.15, 0.2) is 0 Å². The summed E-state index contributed by atoms with van der Waals surface area (Å²) in [5.74, 6) is -0.173. The quantitative estimate of drug-likeness (QED) is 0.214. The highest BCUT2D eigenvalue weighted by atomic mass is 19.4. The second-order valence-corrected chi connectivity index (χ2v) is 11.6. The fraction of sp³-hybridized carbons (Fsp3) is 0.419. The molecule has 230 valence electrons. The van der Waals surface area contributed by atoms with E-state index in [2.05, 4.69) is 25.0 Å². The molecule has 1 N–H and O–H groups in total. The van der Waals surface area contributed by atoms with E-state index >= 15 is 0 Å². The van der Waals surface area contributed by atoms with Crippen molar-refractivity contribution in [2.75, 3.05) is 4.90 Å². The molecule has 3 aliphatic rings. The number of nitrogens with zero attached hydrogens (tertiary/aromatic N) is 4. The highest BCUT2D eigenvalue weighted by molar-refractivity contribution is 5.88. The van der Waals surface area contributed by atoms with Crippen molar-refractivity contribution in [3.63, 3.8) is 0 Å². The van der Waals surface area contributed by atoms with Crippen LogP contribution >= 0.6 is 0 Å². The molecule has 0 unspecified atom stereocenters. The summed E-state index contributed by atoms with van der Waals surface area (Å²) in [5, 5.41) is 22.0. The molecule has 1 aliphatic carbocycles. The summed E-state index contributed by atoms with van der Waals surface area (Å²) in [5.41, 5.74) is 2.75. The zero-order valence-electron chi connectivity index (χ0n) is 23.7. The lowest BCUT2D eigenvalue weighted by Gasteiger charge is -2.37. The molecule has 2 aromatic carbocycles. The molecule has 3 fully saturated rings. The average molecular weight is 611 g/mol. The third kappa shape index (κ3) is 5.51. The van der Waals surface area contributed by atoms with Crippen molar-refractivity contribution in [2.45, 2.75) is 82.5 Å². The molecule has 1 saturated carbocycles. The molecule has 44 heavy (non-hydrogen) atoms. The van der Waals surface area contributed by atoms with E-state index in [1.165, 1.54) is 18.2 Å². The van der Waals surface area contributed by atoms with Crippen molar-refractivity contribution >= 4 is 12.0 Å². The first-order valence-corrected chi connectivity index (χ1v) is 14.6. The number of carboxylic acids is 1. The molecular formula is C31H29F3N4O6. The second kappa shape index (κ2) is 11.0. The minimum absolute atomic E-state index is 0.0894. The van der Waals surface area contributed by atoms with Gasteiger partial charge >= 0.3 is 18.3 Å². The Morgan fingerprint density at radius 2 is 1.80 bits per heavy atom. The van der Waals surface area contributed by atoms with Crippen LogP contribution in [0.3, 0.4) is 0 Å². The maximum Gasteiger partial charge on any atom is 0.573 e. The minimum Gasteiger partial charge on any atom is -0.478 e. The highest BCUT2D eigenvalue weighted by Gasteiger charge is 2.44. The number of anilines is 1. The zero-order chi connectivity index (χ0) is 30.6. The van der Waals surface area contributed by atoms with E-state index in [0.29, 0.717) is 47.3 Å². The predicted molar refractivity (Wildman–Crippen MR) is 149 cm³/mol. The van der Waals surface area contributed by atoms with Crippen LogP contribution in [0.1, 0.15) is 71.7 Å². The zero-order valence-corrected chi connectivity index (χ0v) is 23.7. The van der Waals surface area contributed by atoms with Gasteiger partial charge in [-0.2, -0.15) is 0 Å². The van der Waals surface area contributed by atoms with Crippen molar-refractivity contribution in [1.29, 1.82) is 0 Å². The summed E-state index contributed by atoms with van der Waals surface area (Å²) in [6.07, 6.45) is 0.229. The van der Waals surface area contributed by atoms with E-state index in [4.69, 9.17) is 13.7 Å². The van der Waals surface area contributed by atoms with Crippen LogP contribution < -0.4 is 9.64 Å². The largest absolute Gasteiger partial charge is 0.573 e. The van der Waals surface area contributed by atoms with Crippen molar-refractivity contribution < 1.29 is 41.5 Å². The van der Waals surface area contributed by atoms with Gasteiger partial charge < -0.3 is 28.4 Å². The third-order valence-electron chi connectivity index (χ3n) is 8.63. The number of para-hydroxylation sites is 1. The molecule has 4 aromatic rings. The van der Waals surface area contributed by atoms with E-state index in [9.17, 15) is 23.1 Å². The number of aromatic carboxylic acids is 1. The van der Waals surface area contributed by atoms with Crippen LogP contribution in [0, 0.1) is 6.92 Å².